The summed E-state index contributed by atoms with van der Waals surface area (Å²) in [4.78, 5) is 38.5. The minimum absolute atomic E-state index is 0.0660. The van der Waals surface area contributed by atoms with Gasteiger partial charge in [-0.15, -0.1) is 0 Å². The van der Waals surface area contributed by atoms with E-state index < -0.39 is 11.7 Å². The van der Waals surface area contributed by atoms with Crippen LogP contribution in [0.3, 0.4) is 0 Å². The number of hydrogen-bond donors (Lipinski definition) is 3. The predicted octanol–water partition coefficient (Wildman–Crippen LogP) is 3.86. The SMILES string of the molecule is CCCNc1nc(Nc2ccc(C)nc2)ncc1C#CCCCNC(=O)CN(C)C(=O)OC(C)(C)C. The second-order valence-corrected chi connectivity index (χ2v) is 9.29. The van der Waals surface area contributed by atoms with E-state index in [9.17, 15) is 9.59 Å². The van der Waals surface area contributed by atoms with Gasteiger partial charge in [0.15, 0.2) is 0 Å². The highest BCUT2D eigenvalue weighted by Crippen LogP contribution is 2.17. The first-order valence-corrected chi connectivity index (χ1v) is 12.1. The summed E-state index contributed by atoms with van der Waals surface area (Å²) in [6, 6.07) is 3.84. The van der Waals surface area contributed by atoms with Crippen molar-refractivity contribution in [3.8, 4) is 11.8 Å². The minimum atomic E-state index is -0.604. The van der Waals surface area contributed by atoms with Crippen molar-refractivity contribution in [2.75, 3.05) is 37.3 Å². The molecular weight excluding hydrogens is 458 g/mol. The highest BCUT2D eigenvalue weighted by Gasteiger charge is 2.20. The van der Waals surface area contributed by atoms with E-state index in [1.807, 2.05) is 19.1 Å². The number of carbonyl (C=O) groups is 2. The van der Waals surface area contributed by atoms with Crippen LogP contribution in [0.1, 0.15) is 58.2 Å². The van der Waals surface area contributed by atoms with Crippen molar-refractivity contribution >= 4 is 29.5 Å². The van der Waals surface area contributed by atoms with E-state index in [2.05, 4.69) is 49.7 Å². The number of ether oxygens (including phenoxy) is 1. The van der Waals surface area contributed by atoms with Crippen LogP contribution in [0.5, 0.6) is 0 Å². The lowest BCUT2D eigenvalue weighted by atomic mass is 10.2. The van der Waals surface area contributed by atoms with Crippen LogP contribution >= 0.6 is 0 Å². The largest absolute Gasteiger partial charge is 0.444 e. The first-order chi connectivity index (χ1) is 17.1. The summed E-state index contributed by atoms with van der Waals surface area (Å²) >= 11 is 0. The Labute approximate surface area is 213 Å². The van der Waals surface area contributed by atoms with Crippen LogP contribution in [0.2, 0.25) is 0 Å². The molecule has 2 rings (SSSR count). The summed E-state index contributed by atoms with van der Waals surface area (Å²) in [6.07, 6.45) is 5.10. The number of aromatic nitrogens is 3. The average Bonchev–Trinajstić information content (AvgIpc) is 2.81. The van der Waals surface area contributed by atoms with Gasteiger partial charge in [-0.3, -0.25) is 9.78 Å². The van der Waals surface area contributed by atoms with E-state index >= 15 is 0 Å². The van der Waals surface area contributed by atoms with Crippen molar-refractivity contribution in [3.63, 3.8) is 0 Å². The summed E-state index contributed by atoms with van der Waals surface area (Å²) in [5.41, 5.74) is 1.84. The van der Waals surface area contributed by atoms with E-state index in [0.717, 1.165) is 24.3 Å². The molecule has 10 nitrogen and oxygen atoms in total. The fraction of sp³-hybridized carbons (Fsp3) is 0.500. The molecule has 0 aliphatic carbocycles. The van der Waals surface area contributed by atoms with Crippen molar-refractivity contribution in [2.45, 2.75) is 59.5 Å². The van der Waals surface area contributed by atoms with Gasteiger partial charge >= 0.3 is 6.09 Å². The summed E-state index contributed by atoms with van der Waals surface area (Å²) < 4.78 is 5.24. The van der Waals surface area contributed by atoms with E-state index in [4.69, 9.17) is 4.74 Å². The zero-order valence-corrected chi connectivity index (χ0v) is 22.1. The van der Waals surface area contributed by atoms with Crippen LogP contribution < -0.4 is 16.0 Å². The average molecular weight is 496 g/mol. The highest BCUT2D eigenvalue weighted by atomic mass is 16.6. The Hall–Kier alpha value is -3.87. The molecule has 0 aromatic carbocycles. The number of rotatable bonds is 10. The van der Waals surface area contributed by atoms with Gasteiger partial charge < -0.3 is 25.6 Å². The third-order valence-corrected chi connectivity index (χ3v) is 4.61. The number of aryl methyl sites for hydroxylation is 1. The molecular formula is C26H37N7O3. The topological polar surface area (TPSA) is 121 Å². The van der Waals surface area contributed by atoms with Gasteiger partial charge in [0.25, 0.3) is 0 Å². The van der Waals surface area contributed by atoms with E-state index in [0.29, 0.717) is 36.7 Å². The molecule has 0 radical (unpaired) electrons. The van der Waals surface area contributed by atoms with Crippen LogP contribution in [0.4, 0.5) is 22.2 Å². The van der Waals surface area contributed by atoms with Crippen molar-refractivity contribution in [1.29, 1.82) is 0 Å². The Morgan fingerprint density at radius 2 is 1.92 bits per heavy atom. The third kappa shape index (κ3) is 10.6. The molecule has 0 saturated heterocycles. The molecule has 2 aromatic rings. The Bertz CT molecular complexity index is 1070. The molecule has 10 heteroatoms. The molecule has 0 fully saturated rings. The van der Waals surface area contributed by atoms with Gasteiger partial charge in [-0.2, -0.15) is 4.98 Å². The van der Waals surface area contributed by atoms with Gasteiger partial charge in [-0.05, 0) is 52.7 Å². The molecule has 0 saturated carbocycles. The van der Waals surface area contributed by atoms with Crippen LogP contribution in [-0.4, -0.2) is 64.1 Å². The molecule has 0 aliphatic rings. The molecule has 3 N–H and O–H groups in total. The molecule has 194 valence electrons. The third-order valence-electron chi connectivity index (χ3n) is 4.61. The lowest BCUT2D eigenvalue weighted by Gasteiger charge is -2.24. The molecule has 36 heavy (non-hydrogen) atoms. The fourth-order valence-corrected chi connectivity index (χ4v) is 2.82. The molecule has 0 unspecified atom stereocenters. The summed E-state index contributed by atoms with van der Waals surface area (Å²) in [7, 11) is 1.53. The lowest BCUT2D eigenvalue weighted by molar-refractivity contribution is -0.122. The van der Waals surface area contributed by atoms with Gasteiger partial charge in [0, 0.05) is 32.3 Å². The Morgan fingerprint density at radius 1 is 1.14 bits per heavy atom. The molecule has 0 spiro atoms. The maximum absolute atomic E-state index is 12.1. The predicted molar refractivity (Wildman–Crippen MR) is 141 cm³/mol. The Morgan fingerprint density at radius 3 is 2.58 bits per heavy atom. The van der Waals surface area contributed by atoms with Crippen LogP contribution in [-0.2, 0) is 9.53 Å². The smallest absolute Gasteiger partial charge is 0.410 e. The summed E-state index contributed by atoms with van der Waals surface area (Å²) in [5.74, 6) is 7.12. The quantitative estimate of drug-likeness (QED) is 0.336. The number of pyridine rings is 1. The molecule has 0 aliphatic heterocycles. The molecule has 2 aromatic heterocycles. The van der Waals surface area contributed by atoms with Gasteiger partial charge in [0.1, 0.15) is 18.0 Å². The minimum Gasteiger partial charge on any atom is -0.444 e. The Kier molecular flexibility index (Phi) is 10.9. The van der Waals surface area contributed by atoms with E-state index in [1.54, 1.807) is 33.2 Å². The van der Waals surface area contributed by atoms with Crippen LogP contribution in [0.25, 0.3) is 0 Å². The van der Waals surface area contributed by atoms with Crippen molar-refractivity contribution < 1.29 is 14.3 Å². The van der Waals surface area contributed by atoms with Crippen LogP contribution in [0.15, 0.2) is 24.5 Å². The number of amides is 2. The Balaban J connectivity index is 1.85. The van der Waals surface area contributed by atoms with Gasteiger partial charge in [-0.1, -0.05) is 18.8 Å². The molecule has 0 atom stereocenters. The summed E-state index contributed by atoms with van der Waals surface area (Å²) in [5, 5.41) is 9.25. The summed E-state index contributed by atoms with van der Waals surface area (Å²) in [6.45, 7) is 10.5. The van der Waals surface area contributed by atoms with Gasteiger partial charge in [0.05, 0.1) is 23.6 Å². The fourth-order valence-electron chi connectivity index (χ4n) is 2.82. The normalized spacial score (nSPS) is 10.6. The number of nitrogens with one attached hydrogen (secondary N) is 3. The number of nitrogens with zero attached hydrogens (tertiary/aromatic N) is 4. The first-order valence-electron chi connectivity index (χ1n) is 12.1. The maximum Gasteiger partial charge on any atom is 0.410 e. The first kappa shape index (κ1) is 28.4. The molecule has 2 heterocycles. The number of carbonyl (C=O) groups excluding carboxylic acids is 2. The van der Waals surface area contributed by atoms with Gasteiger partial charge in [-0.25, -0.2) is 9.78 Å². The van der Waals surface area contributed by atoms with Crippen molar-refractivity contribution in [2.24, 2.45) is 0 Å². The highest BCUT2D eigenvalue weighted by molar-refractivity contribution is 5.82. The number of unbranched alkanes of at least 4 members (excludes halogenated alkanes) is 1. The number of hydrogen-bond acceptors (Lipinski definition) is 8. The monoisotopic (exact) mass is 495 g/mol. The van der Waals surface area contributed by atoms with Crippen LogP contribution in [0, 0.1) is 18.8 Å². The van der Waals surface area contributed by atoms with Crippen molar-refractivity contribution in [3.05, 3.63) is 35.8 Å². The van der Waals surface area contributed by atoms with Crippen molar-refractivity contribution in [1.82, 2.24) is 25.2 Å². The second-order valence-electron chi connectivity index (χ2n) is 9.29. The number of anilines is 3. The zero-order valence-electron chi connectivity index (χ0n) is 22.1. The molecule has 0 bridgehead atoms. The zero-order chi connectivity index (χ0) is 26.6. The maximum atomic E-state index is 12.1. The van der Waals surface area contributed by atoms with E-state index in [1.165, 1.54) is 11.9 Å². The molecule has 2 amide bonds. The second kappa shape index (κ2) is 13.9. The number of likely N-dealkylation sites (N-methyl/N-ethyl adjacent to an activating group) is 1. The standard InChI is InChI=1S/C26H37N7O3/c1-7-14-28-23-20(16-30-24(32-23)31-21-13-12-19(2)29-17-21)11-9-8-10-15-27-22(34)18-33(6)25(35)36-26(3,4)5/h12-13,16-17H,7-8,10,14-15,18H2,1-6H3,(H,27,34)(H2,28,30,31,32). The lowest BCUT2D eigenvalue weighted by Crippen LogP contribution is -2.41. The van der Waals surface area contributed by atoms with Gasteiger partial charge in [0.2, 0.25) is 11.9 Å². The van der Waals surface area contributed by atoms with E-state index in [-0.39, 0.29) is 12.5 Å².